The molecule has 2 N–H and O–H groups in total. The van der Waals surface area contributed by atoms with Crippen molar-refractivity contribution in [1.82, 2.24) is 9.78 Å². The van der Waals surface area contributed by atoms with E-state index < -0.39 is 0 Å². The van der Waals surface area contributed by atoms with Crippen molar-refractivity contribution in [1.29, 1.82) is 0 Å². The standard InChI is InChI=1S/C11H13N3O.ClH/c1-14-6-5-11(13-14)12-8-9-3-2-4-10(15)7-9;/h2-7,15H,8H2,1H3,(H,12,13);1H. The van der Waals surface area contributed by atoms with Gasteiger partial charge in [-0.15, -0.1) is 12.4 Å². The Morgan fingerprint density at radius 3 is 2.81 bits per heavy atom. The van der Waals surface area contributed by atoms with Crippen LogP contribution in [0.25, 0.3) is 0 Å². The number of halogens is 1. The molecule has 1 aromatic heterocycles. The molecule has 0 aliphatic carbocycles. The highest BCUT2D eigenvalue weighted by Crippen LogP contribution is 2.12. The molecule has 86 valence electrons. The van der Waals surface area contributed by atoms with Crippen molar-refractivity contribution in [2.75, 3.05) is 5.32 Å². The predicted molar refractivity (Wildman–Crippen MR) is 65.9 cm³/mol. The zero-order chi connectivity index (χ0) is 10.7. The van der Waals surface area contributed by atoms with Crippen LogP contribution in [0, 0.1) is 0 Å². The van der Waals surface area contributed by atoms with E-state index in [4.69, 9.17) is 0 Å². The number of hydrogen-bond donors (Lipinski definition) is 2. The number of aromatic nitrogens is 2. The molecular weight excluding hydrogens is 226 g/mol. The number of anilines is 1. The number of hydrogen-bond acceptors (Lipinski definition) is 3. The fraction of sp³-hybridized carbons (Fsp3) is 0.182. The third kappa shape index (κ3) is 3.17. The van der Waals surface area contributed by atoms with Gasteiger partial charge in [0.25, 0.3) is 0 Å². The number of nitrogens with zero attached hydrogens (tertiary/aromatic N) is 2. The van der Waals surface area contributed by atoms with Gasteiger partial charge in [-0.3, -0.25) is 4.68 Å². The fourth-order valence-electron chi connectivity index (χ4n) is 1.37. The number of benzene rings is 1. The van der Waals surface area contributed by atoms with Gasteiger partial charge in [-0.25, -0.2) is 0 Å². The van der Waals surface area contributed by atoms with Crippen molar-refractivity contribution >= 4 is 18.2 Å². The van der Waals surface area contributed by atoms with E-state index in [1.165, 1.54) is 0 Å². The van der Waals surface area contributed by atoms with Gasteiger partial charge >= 0.3 is 0 Å². The van der Waals surface area contributed by atoms with E-state index in [9.17, 15) is 5.11 Å². The van der Waals surface area contributed by atoms with E-state index >= 15 is 0 Å². The highest BCUT2D eigenvalue weighted by atomic mass is 35.5. The molecular formula is C11H14ClN3O. The van der Waals surface area contributed by atoms with Crippen LogP contribution in [0.2, 0.25) is 0 Å². The third-order valence-corrected chi connectivity index (χ3v) is 2.10. The van der Waals surface area contributed by atoms with Crippen LogP contribution in [0.5, 0.6) is 5.75 Å². The normalized spacial score (nSPS) is 9.56. The van der Waals surface area contributed by atoms with E-state index in [1.807, 2.05) is 31.4 Å². The first-order chi connectivity index (χ1) is 7.24. The molecule has 0 bridgehead atoms. The molecule has 0 radical (unpaired) electrons. The van der Waals surface area contributed by atoms with Gasteiger partial charge in [-0.1, -0.05) is 12.1 Å². The Labute approximate surface area is 100 Å². The predicted octanol–water partition coefficient (Wildman–Crippen LogP) is 2.16. The Morgan fingerprint density at radius 2 is 2.19 bits per heavy atom. The van der Waals surface area contributed by atoms with Crippen molar-refractivity contribution in [3.05, 3.63) is 42.1 Å². The monoisotopic (exact) mass is 239 g/mol. The molecule has 16 heavy (non-hydrogen) atoms. The van der Waals surface area contributed by atoms with Gasteiger partial charge in [0, 0.05) is 25.9 Å². The summed E-state index contributed by atoms with van der Waals surface area (Å²) in [5, 5.41) is 16.6. The van der Waals surface area contributed by atoms with E-state index in [1.54, 1.807) is 16.8 Å². The lowest BCUT2D eigenvalue weighted by atomic mass is 10.2. The Bertz CT molecular complexity index is 456. The van der Waals surface area contributed by atoms with Crippen LogP contribution < -0.4 is 5.32 Å². The second-order valence-electron chi connectivity index (χ2n) is 3.40. The number of nitrogens with one attached hydrogen (secondary N) is 1. The van der Waals surface area contributed by atoms with Crippen LogP contribution in [0.4, 0.5) is 5.82 Å². The second-order valence-corrected chi connectivity index (χ2v) is 3.40. The maximum Gasteiger partial charge on any atom is 0.148 e. The minimum Gasteiger partial charge on any atom is -0.508 e. The Balaban J connectivity index is 0.00000128. The smallest absolute Gasteiger partial charge is 0.148 e. The first-order valence-electron chi connectivity index (χ1n) is 4.75. The third-order valence-electron chi connectivity index (χ3n) is 2.10. The largest absolute Gasteiger partial charge is 0.508 e. The van der Waals surface area contributed by atoms with Gasteiger partial charge in [0.15, 0.2) is 0 Å². The Morgan fingerprint density at radius 1 is 1.38 bits per heavy atom. The summed E-state index contributed by atoms with van der Waals surface area (Å²) in [7, 11) is 1.87. The molecule has 0 unspecified atom stereocenters. The molecule has 2 rings (SSSR count). The van der Waals surface area contributed by atoms with E-state index in [0.29, 0.717) is 6.54 Å². The molecule has 1 heterocycles. The molecule has 0 atom stereocenters. The van der Waals surface area contributed by atoms with E-state index in [2.05, 4.69) is 10.4 Å². The van der Waals surface area contributed by atoms with Crippen LogP contribution in [0.3, 0.4) is 0 Å². The number of phenols is 1. The summed E-state index contributed by atoms with van der Waals surface area (Å²) in [5.74, 6) is 1.12. The van der Waals surface area contributed by atoms with Crippen LogP contribution in [-0.4, -0.2) is 14.9 Å². The fourth-order valence-corrected chi connectivity index (χ4v) is 1.37. The van der Waals surface area contributed by atoms with Crippen molar-refractivity contribution in [3.8, 4) is 5.75 Å². The van der Waals surface area contributed by atoms with Crippen LogP contribution in [0.1, 0.15) is 5.56 Å². The van der Waals surface area contributed by atoms with Crippen molar-refractivity contribution in [2.45, 2.75) is 6.54 Å². The molecule has 0 fully saturated rings. The van der Waals surface area contributed by atoms with Crippen LogP contribution in [0.15, 0.2) is 36.5 Å². The lowest BCUT2D eigenvalue weighted by Crippen LogP contribution is -2.00. The van der Waals surface area contributed by atoms with Gasteiger partial charge in [0.05, 0.1) is 0 Å². The molecule has 1 aromatic carbocycles. The highest BCUT2D eigenvalue weighted by Gasteiger charge is 1.97. The molecule has 0 amide bonds. The zero-order valence-electron chi connectivity index (χ0n) is 8.92. The van der Waals surface area contributed by atoms with Gasteiger partial charge in [-0.05, 0) is 17.7 Å². The maximum absolute atomic E-state index is 9.27. The Kier molecular flexibility index (Phi) is 4.19. The molecule has 0 spiro atoms. The quantitative estimate of drug-likeness (QED) is 0.863. The van der Waals surface area contributed by atoms with E-state index in [0.717, 1.165) is 11.4 Å². The van der Waals surface area contributed by atoms with Crippen LogP contribution >= 0.6 is 12.4 Å². The number of aromatic hydroxyl groups is 1. The molecule has 0 aliphatic rings. The highest BCUT2D eigenvalue weighted by molar-refractivity contribution is 5.85. The first kappa shape index (κ1) is 12.4. The average Bonchev–Trinajstić information content (AvgIpc) is 2.62. The Hall–Kier alpha value is -1.68. The number of phenolic OH excluding ortho intramolecular Hbond substituents is 1. The first-order valence-corrected chi connectivity index (χ1v) is 4.75. The molecule has 5 heteroatoms. The molecule has 0 saturated heterocycles. The summed E-state index contributed by atoms with van der Waals surface area (Å²) in [6.07, 6.45) is 1.88. The summed E-state index contributed by atoms with van der Waals surface area (Å²) in [4.78, 5) is 0. The van der Waals surface area contributed by atoms with Gasteiger partial charge in [0.2, 0.25) is 0 Å². The molecule has 0 saturated carbocycles. The zero-order valence-corrected chi connectivity index (χ0v) is 9.74. The lowest BCUT2D eigenvalue weighted by Gasteiger charge is -2.03. The average molecular weight is 240 g/mol. The van der Waals surface area contributed by atoms with E-state index in [-0.39, 0.29) is 18.2 Å². The topological polar surface area (TPSA) is 50.1 Å². The molecule has 4 nitrogen and oxygen atoms in total. The molecule has 2 aromatic rings. The SMILES string of the molecule is Cl.Cn1ccc(NCc2cccc(O)c2)n1. The minimum absolute atomic E-state index is 0. The van der Waals surface area contributed by atoms with Gasteiger partial charge in [-0.2, -0.15) is 5.10 Å². The van der Waals surface area contributed by atoms with Gasteiger partial charge < -0.3 is 10.4 Å². The summed E-state index contributed by atoms with van der Waals surface area (Å²) in [6, 6.07) is 9.07. The summed E-state index contributed by atoms with van der Waals surface area (Å²) >= 11 is 0. The minimum atomic E-state index is 0. The number of aryl methyl sites for hydroxylation is 1. The van der Waals surface area contributed by atoms with Crippen molar-refractivity contribution in [2.24, 2.45) is 7.05 Å². The van der Waals surface area contributed by atoms with Gasteiger partial charge in [0.1, 0.15) is 11.6 Å². The number of rotatable bonds is 3. The summed E-state index contributed by atoms with van der Waals surface area (Å²) in [6.45, 7) is 0.658. The second kappa shape index (κ2) is 5.42. The summed E-state index contributed by atoms with van der Waals surface area (Å²) in [5.41, 5.74) is 1.03. The van der Waals surface area contributed by atoms with Crippen molar-refractivity contribution in [3.63, 3.8) is 0 Å². The van der Waals surface area contributed by atoms with Crippen LogP contribution in [-0.2, 0) is 13.6 Å². The maximum atomic E-state index is 9.27. The lowest BCUT2D eigenvalue weighted by molar-refractivity contribution is 0.474. The molecule has 0 aliphatic heterocycles. The van der Waals surface area contributed by atoms with Crippen molar-refractivity contribution < 1.29 is 5.11 Å². The summed E-state index contributed by atoms with van der Waals surface area (Å²) < 4.78 is 1.74.